The van der Waals surface area contributed by atoms with Crippen molar-refractivity contribution < 1.29 is 9.53 Å². The number of anilines is 3. The Bertz CT molecular complexity index is 1300. The largest absolute Gasteiger partial charge is 0.458 e. The van der Waals surface area contributed by atoms with Gasteiger partial charge < -0.3 is 9.64 Å². The highest BCUT2D eigenvalue weighted by atomic mass is 16.5. The minimum atomic E-state index is -0.424. The molecule has 3 nitrogen and oxygen atoms in total. The molecule has 0 aliphatic heterocycles. The molecule has 0 unspecified atom stereocenters. The van der Waals surface area contributed by atoms with Crippen molar-refractivity contribution in [3.05, 3.63) is 138 Å². The number of ether oxygens (including phenoxy) is 1. The summed E-state index contributed by atoms with van der Waals surface area (Å²) in [5.41, 5.74) is 8.87. The van der Waals surface area contributed by atoms with Gasteiger partial charge in [-0.1, -0.05) is 90.5 Å². The number of carbonyl (C=O) groups is 1. The van der Waals surface area contributed by atoms with Crippen molar-refractivity contribution in [3.63, 3.8) is 0 Å². The first-order chi connectivity index (χ1) is 17.0. The predicted octanol–water partition coefficient (Wildman–Crippen LogP) is 8.17. The van der Waals surface area contributed by atoms with E-state index in [-0.39, 0.29) is 6.61 Å². The molecular weight excluding hydrogens is 430 g/mol. The van der Waals surface area contributed by atoms with Gasteiger partial charge in [-0.2, -0.15) is 0 Å². The van der Waals surface area contributed by atoms with Gasteiger partial charge in [0, 0.05) is 23.1 Å². The summed E-state index contributed by atoms with van der Waals surface area (Å²) in [4.78, 5) is 13.6. The van der Waals surface area contributed by atoms with Gasteiger partial charge in [-0.25, -0.2) is 4.79 Å². The van der Waals surface area contributed by atoms with Gasteiger partial charge in [0.1, 0.15) is 6.61 Å². The second kappa shape index (κ2) is 11.2. The summed E-state index contributed by atoms with van der Waals surface area (Å²) >= 11 is 0. The van der Waals surface area contributed by atoms with E-state index in [2.05, 4.69) is 110 Å². The van der Waals surface area contributed by atoms with E-state index in [0.717, 1.165) is 28.2 Å². The maximum absolute atomic E-state index is 11.4. The van der Waals surface area contributed by atoms with Gasteiger partial charge in [0.05, 0.1) is 0 Å². The van der Waals surface area contributed by atoms with E-state index >= 15 is 0 Å². The minimum Gasteiger partial charge on any atom is -0.458 e. The SMILES string of the molecule is C=CC(=O)OCc1ccc(N(c2ccc(C)cc2)c2ccc(C=Cc3ccc(C)cc3)cc2)cc1. The Morgan fingerprint density at radius 3 is 1.57 bits per heavy atom. The molecule has 4 aromatic carbocycles. The molecule has 35 heavy (non-hydrogen) atoms. The van der Waals surface area contributed by atoms with E-state index in [4.69, 9.17) is 4.74 Å². The van der Waals surface area contributed by atoms with Crippen molar-refractivity contribution in [2.45, 2.75) is 20.5 Å². The molecule has 0 radical (unpaired) electrons. The quantitative estimate of drug-likeness (QED) is 0.151. The predicted molar refractivity (Wildman–Crippen MR) is 146 cm³/mol. The van der Waals surface area contributed by atoms with Crippen LogP contribution in [0.4, 0.5) is 17.1 Å². The lowest BCUT2D eigenvalue weighted by Crippen LogP contribution is -2.10. The molecule has 0 amide bonds. The molecule has 0 saturated carbocycles. The zero-order valence-electron chi connectivity index (χ0n) is 20.1. The highest BCUT2D eigenvalue weighted by Crippen LogP contribution is 2.35. The van der Waals surface area contributed by atoms with E-state index in [1.54, 1.807) is 0 Å². The summed E-state index contributed by atoms with van der Waals surface area (Å²) in [6.07, 6.45) is 5.43. The lowest BCUT2D eigenvalue weighted by Gasteiger charge is -2.26. The zero-order chi connectivity index (χ0) is 24.6. The van der Waals surface area contributed by atoms with E-state index in [9.17, 15) is 4.79 Å². The molecule has 4 aromatic rings. The van der Waals surface area contributed by atoms with E-state index in [1.807, 2.05) is 24.3 Å². The lowest BCUT2D eigenvalue weighted by molar-refractivity contribution is -0.138. The standard InChI is InChI=1S/C32H29NO2/c1-4-32(34)35-23-28-15-21-31(22-16-28)33(29-17-7-25(3)8-18-29)30-19-13-27(14-20-30)12-11-26-9-5-24(2)6-10-26/h4-22H,1,23H2,2-3H3. The van der Waals surface area contributed by atoms with Crippen LogP contribution < -0.4 is 4.90 Å². The second-order valence-corrected chi connectivity index (χ2v) is 8.48. The summed E-state index contributed by atoms with van der Waals surface area (Å²) in [5, 5.41) is 0. The smallest absolute Gasteiger partial charge is 0.330 e. The number of carbonyl (C=O) groups excluding carboxylic acids is 1. The summed E-state index contributed by atoms with van der Waals surface area (Å²) < 4.78 is 5.16. The van der Waals surface area contributed by atoms with Crippen LogP contribution in [-0.2, 0) is 16.1 Å². The van der Waals surface area contributed by atoms with Crippen LogP contribution in [0.2, 0.25) is 0 Å². The van der Waals surface area contributed by atoms with E-state index in [0.29, 0.717) is 0 Å². The summed E-state index contributed by atoms with van der Waals surface area (Å²) in [6, 6.07) is 33.5. The van der Waals surface area contributed by atoms with Crippen molar-refractivity contribution in [2.24, 2.45) is 0 Å². The number of hydrogen-bond donors (Lipinski definition) is 0. The fourth-order valence-electron chi connectivity index (χ4n) is 3.70. The molecule has 0 aromatic heterocycles. The van der Waals surface area contributed by atoms with Gasteiger partial charge >= 0.3 is 5.97 Å². The van der Waals surface area contributed by atoms with Gasteiger partial charge in [-0.3, -0.25) is 0 Å². The molecule has 0 fully saturated rings. The van der Waals surface area contributed by atoms with Crippen LogP contribution in [0.5, 0.6) is 0 Å². The number of hydrogen-bond acceptors (Lipinski definition) is 3. The van der Waals surface area contributed by atoms with Gasteiger partial charge in [-0.15, -0.1) is 0 Å². The molecule has 0 atom stereocenters. The normalized spacial score (nSPS) is 10.8. The Morgan fingerprint density at radius 1 is 0.686 bits per heavy atom. The van der Waals surface area contributed by atoms with Crippen LogP contribution in [-0.4, -0.2) is 5.97 Å². The Hall–Kier alpha value is -4.37. The molecule has 0 heterocycles. The van der Waals surface area contributed by atoms with Crippen LogP contribution in [0.15, 0.2) is 110 Å². The maximum atomic E-state index is 11.4. The molecule has 0 N–H and O–H groups in total. The first-order valence-electron chi connectivity index (χ1n) is 11.6. The topological polar surface area (TPSA) is 29.5 Å². The second-order valence-electron chi connectivity index (χ2n) is 8.48. The van der Waals surface area contributed by atoms with Crippen LogP contribution >= 0.6 is 0 Å². The monoisotopic (exact) mass is 459 g/mol. The third kappa shape index (κ3) is 6.36. The maximum Gasteiger partial charge on any atom is 0.330 e. The Morgan fingerprint density at radius 2 is 1.09 bits per heavy atom. The van der Waals surface area contributed by atoms with Crippen molar-refractivity contribution in [1.82, 2.24) is 0 Å². The highest BCUT2D eigenvalue weighted by molar-refractivity contribution is 5.81. The molecule has 0 aliphatic rings. The van der Waals surface area contributed by atoms with Gasteiger partial charge in [0.15, 0.2) is 0 Å². The lowest BCUT2D eigenvalue weighted by atomic mass is 10.1. The summed E-state index contributed by atoms with van der Waals surface area (Å²) in [6.45, 7) is 7.83. The average Bonchev–Trinajstić information content (AvgIpc) is 2.89. The fraction of sp³-hybridized carbons (Fsp3) is 0.0938. The number of aryl methyl sites for hydroxylation is 2. The molecule has 0 bridgehead atoms. The fourth-order valence-corrected chi connectivity index (χ4v) is 3.70. The summed E-state index contributed by atoms with van der Waals surface area (Å²) in [5.74, 6) is -0.424. The first kappa shape index (κ1) is 23.8. The molecule has 174 valence electrons. The molecule has 4 rings (SSSR count). The van der Waals surface area contributed by atoms with E-state index in [1.165, 1.54) is 22.8 Å². The van der Waals surface area contributed by atoms with Gasteiger partial charge in [0.2, 0.25) is 0 Å². The molecule has 0 saturated heterocycles. The zero-order valence-corrected chi connectivity index (χ0v) is 20.1. The summed E-state index contributed by atoms with van der Waals surface area (Å²) in [7, 11) is 0. The Balaban J connectivity index is 1.59. The van der Waals surface area contributed by atoms with Gasteiger partial charge in [-0.05, 0) is 66.9 Å². The van der Waals surface area contributed by atoms with Crippen LogP contribution in [0.3, 0.4) is 0 Å². The number of rotatable bonds is 8. The molecule has 3 heteroatoms. The first-order valence-corrected chi connectivity index (χ1v) is 11.6. The Labute approximate surface area is 207 Å². The number of esters is 1. The van der Waals surface area contributed by atoms with Crippen LogP contribution in [0.25, 0.3) is 12.2 Å². The number of nitrogens with zero attached hydrogens (tertiary/aromatic N) is 1. The van der Waals surface area contributed by atoms with E-state index < -0.39 is 5.97 Å². The van der Waals surface area contributed by atoms with Crippen LogP contribution in [0.1, 0.15) is 27.8 Å². The molecular formula is C32H29NO2. The molecule has 0 aliphatic carbocycles. The third-order valence-corrected chi connectivity index (χ3v) is 5.73. The third-order valence-electron chi connectivity index (χ3n) is 5.73. The van der Waals surface area contributed by atoms with Crippen molar-refractivity contribution in [2.75, 3.05) is 4.90 Å². The highest BCUT2D eigenvalue weighted by Gasteiger charge is 2.12. The Kier molecular flexibility index (Phi) is 7.59. The van der Waals surface area contributed by atoms with Crippen LogP contribution in [0, 0.1) is 13.8 Å². The minimum absolute atomic E-state index is 0.220. The molecule has 0 spiro atoms. The van der Waals surface area contributed by atoms with Crippen molar-refractivity contribution >= 4 is 35.2 Å². The van der Waals surface area contributed by atoms with Crippen molar-refractivity contribution in [1.29, 1.82) is 0 Å². The van der Waals surface area contributed by atoms with Gasteiger partial charge in [0.25, 0.3) is 0 Å². The average molecular weight is 460 g/mol. The number of benzene rings is 4. The van der Waals surface area contributed by atoms with Crippen molar-refractivity contribution in [3.8, 4) is 0 Å².